The summed E-state index contributed by atoms with van der Waals surface area (Å²) in [6.07, 6.45) is 3.43. The lowest BCUT2D eigenvalue weighted by atomic mass is 10.3. The van der Waals surface area contributed by atoms with Crippen LogP contribution in [0.2, 0.25) is 0 Å². The molecule has 0 bridgehead atoms. The summed E-state index contributed by atoms with van der Waals surface area (Å²) in [5.41, 5.74) is 0.871. The van der Waals surface area contributed by atoms with Crippen molar-refractivity contribution in [2.24, 2.45) is 7.05 Å². The van der Waals surface area contributed by atoms with E-state index in [1.807, 2.05) is 13.2 Å². The van der Waals surface area contributed by atoms with Crippen molar-refractivity contribution in [3.05, 3.63) is 12.5 Å². The molecule has 2 heterocycles. The first-order valence-electron chi connectivity index (χ1n) is 5.60. The maximum Gasteiger partial charge on any atom is 0.163 e. The van der Waals surface area contributed by atoms with Crippen LogP contribution < -0.4 is 4.90 Å². The summed E-state index contributed by atoms with van der Waals surface area (Å²) in [5, 5.41) is 6.15. The summed E-state index contributed by atoms with van der Waals surface area (Å²) in [4.78, 5) is 10.9. The van der Waals surface area contributed by atoms with Gasteiger partial charge >= 0.3 is 0 Å². The Morgan fingerprint density at radius 2 is 2.18 bits per heavy atom. The SMILES string of the molecule is CC(C)N(CCBr)c1ncnc2c1cnn2C. The zero-order valence-corrected chi connectivity index (χ0v) is 11.8. The second-order valence-corrected chi connectivity index (χ2v) is 4.97. The molecule has 0 N–H and O–H groups in total. The lowest BCUT2D eigenvalue weighted by Gasteiger charge is -2.27. The smallest absolute Gasteiger partial charge is 0.163 e. The lowest BCUT2D eigenvalue weighted by Crippen LogP contribution is -2.33. The third-order valence-corrected chi connectivity index (χ3v) is 3.08. The molecule has 0 unspecified atom stereocenters. The number of hydrogen-bond donors (Lipinski definition) is 0. The summed E-state index contributed by atoms with van der Waals surface area (Å²) in [7, 11) is 1.89. The quantitative estimate of drug-likeness (QED) is 0.810. The van der Waals surface area contributed by atoms with Crippen molar-refractivity contribution in [1.82, 2.24) is 19.7 Å². The number of fused-ring (bicyclic) bond motifs is 1. The van der Waals surface area contributed by atoms with Crippen molar-refractivity contribution in [3.63, 3.8) is 0 Å². The minimum absolute atomic E-state index is 0.394. The number of halogens is 1. The van der Waals surface area contributed by atoms with E-state index in [0.29, 0.717) is 6.04 Å². The molecule has 5 nitrogen and oxygen atoms in total. The Morgan fingerprint density at radius 1 is 1.41 bits per heavy atom. The molecule has 17 heavy (non-hydrogen) atoms. The Hall–Kier alpha value is -1.17. The van der Waals surface area contributed by atoms with Gasteiger partial charge in [-0.15, -0.1) is 0 Å². The summed E-state index contributed by atoms with van der Waals surface area (Å²) >= 11 is 3.48. The van der Waals surface area contributed by atoms with Crippen LogP contribution in [0.15, 0.2) is 12.5 Å². The summed E-state index contributed by atoms with van der Waals surface area (Å²) in [5.74, 6) is 0.956. The molecule has 2 aromatic rings. The number of aromatic nitrogens is 4. The number of nitrogens with zero attached hydrogens (tertiary/aromatic N) is 5. The molecule has 0 aliphatic rings. The van der Waals surface area contributed by atoms with E-state index in [0.717, 1.165) is 28.7 Å². The number of anilines is 1. The molecule has 0 saturated heterocycles. The molecule has 0 spiro atoms. The molecule has 0 aromatic carbocycles. The minimum Gasteiger partial charge on any atom is -0.353 e. The van der Waals surface area contributed by atoms with Gasteiger partial charge in [-0.3, -0.25) is 4.68 Å². The fourth-order valence-corrected chi connectivity index (χ4v) is 2.26. The summed E-state index contributed by atoms with van der Waals surface area (Å²) in [6.45, 7) is 5.23. The maximum atomic E-state index is 4.40. The monoisotopic (exact) mass is 297 g/mol. The molecule has 0 saturated carbocycles. The molecule has 0 aliphatic carbocycles. The molecular weight excluding hydrogens is 282 g/mol. The Labute approximate surface area is 109 Å². The van der Waals surface area contributed by atoms with E-state index in [2.05, 4.69) is 49.7 Å². The first-order chi connectivity index (χ1) is 8.15. The van der Waals surface area contributed by atoms with Gasteiger partial charge < -0.3 is 4.90 Å². The Balaban J connectivity index is 2.52. The van der Waals surface area contributed by atoms with Crippen molar-refractivity contribution in [1.29, 1.82) is 0 Å². The van der Waals surface area contributed by atoms with E-state index in [1.54, 1.807) is 11.0 Å². The molecule has 0 radical (unpaired) electrons. The van der Waals surface area contributed by atoms with Gasteiger partial charge in [0.25, 0.3) is 0 Å². The highest BCUT2D eigenvalue weighted by atomic mass is 79.9. The molecule has 92 valence electrons. The van der Waals surface area contributed by atoms with Crippen LogP contribution in [0.3, 0.4) is 0 Å². The highest BCUT2D eigenvalue weighted by Gasteiger charge is 2.16. The van der Waals surface area contributed by atoms with Crippen LogP contribution >= 0.6 is 15.9 Å². The van der Waals surface area contributed by atoms with E-state index in [9.17, 15) is 0 Å². The van der Waals surface area contributed by atoms with Crippen molar-refractivity contribution < 1.29 is 0 Å². The van der Waals surface area contributed by atoms with Gasteiger partial charge in [-0.1, -0.05) is 15.9 Å². The standard InChI is InChI=1S/C11H16BrN5/c1-8(2)17(5-4-12)11-9-6-15-16(3)10(9)13-7-14-11/h6-8H,4-5H2,1-3H3. The number of hydrogen-bond acceptors (Lipinski definition) is 4. The average molecular weight is 298 g/mol. The van der Waals surface area contributed by atoms with Gasteiger partial charge in [0.1, 0.15) is 12.1 Å². The average Bonchev–Trinajstić information content (AvgIpc) is 2.68. The molecule has 2 rings (SSSR count). The molecular formula is C11H16BrN5. The van der Waals surface area contributed by atoms with Crippen molar-refractivity contribution in [2.45, 2.75) is 19.9 Å². The summed E-state index contributed by atoms with van der Waals surface area (Å²) < 4.78 is 1.77. The van der Waals surface area contributed by atoms with Crippen LogP contribution in [0.1, 0.15) is 13.8 Å². The van der Waals surface area contributed by atoms with Gasteiger partial charge in [-0.05, 0) is 13.8 Å². The normalized spacial score (nSPS) is 11.4. The van der Waals surface area contributed by atoms with E-state index < -0.39 is 0 Å². The second kappa shape index (κ2) is 5.00. The fourth-order valence-electron chi connectivity index (χ4n) is 1.88. The number of rotatable bonds is 4. The van der Waals surface area contributed by atoms with Crippen LogP contribution in [0.25, 0.3) is 11.0 Å². The Kier molecular flexibility index (Phi) is 3.61. The van der Waals surface area contributed by atoms with Gasteiger partial charge in [-0.2, -0.15) is 5.10 Å². The van der Waals surface area contributed by atoms with Crippen LogP contribution in [-0.4, -0.2) is 37.7 Å². The predicted octanol–water partition coefficient (Wildman–Crippen LogP) is 1.97. The largest absolute Gasteiger partial charge is 0.353 e. The Morgan fingerprint density at radius 3 is 2.82 bits per heavy atom. The van der Waals surface area contributed by atoms with E-state index in [1.165, 1.54) is 0 Å². The predicted molar refractivity (Wildman–Crippen MR) is 72.6 cm³/mol. The van der Waals surface area contributed by atoms with Crippen LogP contribution in [0.5, 0.6) is 0 Å². The third kappa shape index (κ3) is 2.26. The molecule has 0 amide bonds. The zero-order valence-electron chi connectivity index (χ0n) is 10.3. The molecule has 0 fully saturated rings. The van der Waals surface area contributed by atoms with E-state index >= 15 is 0 Å². The Bertz CT molecular complexity index is 508. The first kappa shape index (κ1) is 12.3. The van der Waals surface area contributed by atoms with Crippen LogP contribution in [0, 0.1) is 0 Å². The van der Waals surface area contributed by atoms with E-state index in [-0.39, 0.29) is 0 Å². The highest BCUT2D eigenvalue weighted by molar-refractivity contribution is 9.09. The minimum atomic E-state index is 0.394. The topological polar surface area (TPSA) is 46.8 Å². The summed E-state index contributed by atoms with van der Waals surface area (Å²) in [6, 6.07) is 0.394. The lowest BCUT2D eigenvalue weighted by molar-refractivity contribution is 0.699. The van der Waals surface area contributed by atoms with E-state index in [4.69, 9.17) is 0 Å². The van der Waals surface area contributed by atoms with Gasteiger partial charge in [-0.25, -0.2) is 9.97 Å². The number of aryl methyl sites for hydroxylation is 1. The maximum absolute atomic E-state index is 4.40. The molecule has 0 aliphatic heterocycles. The molecule has 0 atom stereocenters. The number of alkyl halides is 1. The van der Waals surface area contributed by atoms with Crippen LogP contribution in [0.4, 0.5) is 5.82 Å². The van der Waals surface area contributed by atoms with Crippen molar-refractivity contribution in [3.8, 4) is 0 Å². The fraction of sp³-hybridized carbons (Fsp3) is 0.545. The second-order valence-electron chi connectivity index (χ2n) is 4.18. The molecule has 6 heteroatoms. The van der Waals surface area contributed by atoms with Gasteiger partial charge in [0.2, 0.25) is 0 Å². The zero-order chi connectivity index (χ0) is 12.4. The van der Waals surface area contributed by atoms with Gasteiger partial charge in [0, 0.05) is 25.0 Å². The third-order valence-electron chi connectivity index (χ3n) is 2.73. The van der Waals surface area contributed by atoms with Gasteiger partial charge in [0.05, 0.1) is 11.6 Å². The van der Waals surface area contributed by atoms with Crippen molar-refractivity contribution in [2.75, 3.05) is 16.8 Å². The molecule has 2 aromatic heterocycles. The first-order valence-corrected chi connectivity index (χ1v) is 6.72. The highest BCUT2D eigenvalue weighted by Crippen LogP contribution is 2.23. The van der Waals surface area contributed by atoms with Crippen LogP contribution in [-0.2, 0) is 7.05 Å². The van der Waals surface area contributed by atoms with Gasteiger partial charge in [0.15, 0.2) is 5.65 Å². The van der Waals surface area contributed by atoms with Crippen molar-refractivity contribution >= 4 is 32.8 Å².